The fourth-order valence-electron chi connectivity index (χ4n) is 1.14. The van der Waals surface area contributed by atoms with Crippen molar-refractivity contribution in [2.75, 3.05) is 11.5 Å². The molecular weight excluding hydrogens is 208 g/mol. The first-order chi connectivity index (χ1) is 6.91. The molecule has 1 rings (SSSR count). The first-order valence-corrected chi connectivity index (χ1v) is 3.96. The van der Waals surface area contributed by atoms with Crippen molar-refractivity contribution >= 4 is 17.5 Å². The van der Waals surface area contributed by atoms with Crippen LogP contribution in [-0.4, -0.2) is 16.1 Å². The summed E-state index contributed by atoms with van der Waals surface area (Å²) in [5, 5.41) is 8.46. The topological polar surface area (TPSA) is 102 Å². The van der Waals surface area contributed by atoms with Gasteiger partial charge < -0.3 is 16.6 Å². The van der Waals surface area contributed by atoms with E-state index in [9.17, 15) is 13.6 Å². The molecule has 0 saturated carbocycles. The van der Waals surface area contributed by atoms with Crippen LogP contribution in [0.3, 0.4) is 0 Å². The number of pyridine rings is 1. The number of halogens is 2. The summed E-state index contributed by atoms with van der Waals surface area (Å²) in [5.74, 6) is -1.56. The minimum absolute atomic E-state index is 0.0573. The van der Waals surface area contributed by atoms with Crippen LogP contribution >= 0.6 is 0 Å². The molecular formula is C8H9F2N3O2. The molecule has 15 heavy (non-hydrogen) atoms. The summed E-state index contributed by atoms with van der Waals surface area (Å²) in [6, 6.07) is 1.09. The van der Waals surface area contributed by atoms with E-state index in [1.807, 2.05) is 0 Å². The molecule has 0 amide bonds. The van der Waals surface area contributed by atoms with Gasteiger partial charge in [0.1, 0.15) is 5.82 Å². The number of aliphatic carboxylic acids is 1. The Bertz CT molecular complexity index is 372. The fraction of sp³-hybridized carbons (Fsp3) is 0.250. The zero-order valence-corrected chi connectivity index (χ0v) is 7.58. The summed E-state index contributed by atoms with van der Waals surface area (Å²) in [5.41, 5.74) is 9.80. The number of aromatic nitrogens is 1. The summed E-state index contributed by atoms with van der Waals surface area (Å²) in [4.78, 5) is 13.9. The van der Waals surface area contributed by atoms with Crippen LogP contribution in [0.15, 0.2) is 6.07 Å². The first-order valence-electron chi connectivity index (χ1n) is 3.96. The third-order valence-electron chi connectivity index (χ3n) is 1.72. The van der Waals surface area contributed by atoms with Crippen LogP contribution in [0.2, 0.25) is 0 Å². The highest BCUT2D eigenvalue weighted by atomic mass is 19.3. The van der Waals surface area contributed by atoms with E-state index in [0.29, 0.717) is 0 Å². The van der Waals surface area contributed by atoms with Crippen molar-refractivity contribution in [3.8, 4) is 0 Å². The normalized spacial score (nSPS) is 10.6. The van der Waals surface area contributed by atoms with Crippen LogP contribution in [0, 0.1) is 0 Å². The lowest BCUT2D eigenvalue weighted by Crippen LogP contribution is -2.09. The van der Waals surface area contributed by atoms with Crippen molar-refractivity contribution in [1.29, 1.82) is 0 Å². The molecule has 0 spiro atoms. The summed E-state index contributed by atoms with van der Waals surface area (Å²) in [7, 11) is 0. The van der Waals surface area contributed by atoms with E-state index >= 15 is 0 Å². The van der Waals surface area contributed by atoms with E-state index in [1.54, 1.807) is 0 Å². The number of rotatable bonds is 3. The van der Waals surface area contributed by atoms with Gasteiger partial charge in [0.15, 0.2) is 0 Å². The molecule has 0 unspecified atom stereocenters. The number of anilines is 2. The number of nitrogens with two attached hydrogens (primary N) is 2. The molecule has 0 aliphatic heterocycles. The Kier molecular flexibility index (Phi) is 3.03. The number of hydrogen-bond donors (Lipinski definition) is 3. The van der Waals surface area contributed by atoms with Crippen molar-refractivity contribution < 1.29 is 18.7 Å². The second-order valence-electron chi connectivity index (χ2n) is 2.87. The van der Waals surface area contributed by atoms with Crippen molar-refractivity contribution in [3.63, 3.8) is 0 Å². The zero-order valence-electron chi connectivity index (χ0n) is 7.58. The van der Waals surface area contributed by atoms with Crippen LogP contribution in [0.5, 0.6) is 0 Å². The first kappa shape index (κ1) is 11.2. The third-order valence-corrected chi connectivity index (χ3v) is 1.72. The monoisotopic (exact) mass is 217 g/mol. The summed E-state index contributed by atoms with van der Waals surface area (Å²) in [6.45, 7) is 0. The van der Waals surface area contributed by atoms with Crippen molar-refractivity contribution in [3.05, 3.63) is 17.3 Å². The lowest BCUT2D eigenvalue weighted by Gasteiger charge is -2.09. The average Bonchev–Trinajstić information content (AvgIpc) is 1.99. The summed E-state index contributed by atoms with van der Waals surface area (Å²) < 4.78 is 24.7. The molecule has 82 valence electrons. The maximum atomic E-state index is 12.4. The highest BCUT2D eigenvalue weighted by molar-refractivity contribution is 5.71. The van der Waals surface area contributed by atoms with Gasteiger partial charge in [-0.05, 0) is 6.07 Å². The number of carboxylic acid groups (broad SMARTS) is 1. The molecule has 0 radical (unpaired) electrons. The minimum Gasteiger partial charge on any atom is -0.481 e. The van der Waals surface area contributed by atoms with Gasteiger partial charge in [-0.3, -0.25) is 4.79 Å². The maximum absolute atomic E-state index is 12.4. The Balaban J connectivity index is 3.13. The van der Waals surface area contributed by atoms with E-state index in [4.69, 9.17) is 16.6 Å². The summed E-state index contributed by atoms with van der Waals surface area (Å²) >= 11 is 0. The molecule has 0 aromatic carbocycles. The Morgan fingerprint density at radius 3 is 2.53 bits per heavy atom. The average molecular weight is 217 g/mol. The Hall–Kier alpha value is -1.92. The number of alkyl halides is 2. The van der Waals surface area contributed by atoms with Crippen LogP contribution in [0.25, 0.3) is 0 Å². The number of nitrogens with zero attached hydrogens (tertiary/aromatic N) is 1. The zero-order chi connectivity index (χ0) is 11.6. The molecule has 7 heteroatoms. The highest BCUT2D eigenvalue weighted by Crippen LogP contribution is 2.29. The molecule has 0 aliphatic carbocycles. The van der Waals surface area contributed by atoms with Crippen LogP contribution < -0.4 is 11.5 Å². The minimum atomic E-state index is -2.82. The van der Waals surface area contributed by atoms with E-state index in [1.165, 1.54) is 0 Å². The van der Waals surface area contributed by atoms with Gasteiger partial charge in [0, 0.05) is 5.69 Å². The molecule has 0 atom stereocenters. The predicted molar refractivity (Wildman–Crippen MR) is 49.4 cm³/mol. The van der Waals surface area contributed by atoms with Gasteiger partial charge in [-0.15, -0.1) is 0 Å². The molecule has 1 aromatic rings. The number of nitrogen functional groups attached to an aromatic ring is 2. The molecule has 0 aliphatic rings. The van der Waals surface area contributed by atoms with E-state index in [2.05, 4.69) is 4.98 Å². The molecule has 0 bridgehead atoms. The predicted octanol–water partition coefficient (Wildman–Crippen LogP) is 0.811. The quantitative estimate of drug-likeness (QED) is 0.695. The van der Waals surface area contributed by atoms with Gasteiger partial charge in [-0.2, -0.15) is 0 Å². The Labute approximate surface area is 83.7 Å². The van der Waals surface area contributed by atoms with Gasteiger partial charge in [-0.25, -0.2) is 13.8 Å². The lowest BCUT2D eigenvalue weighted by atomic mass is 10.1. The largest absolute Gasteiger partial charge is 0.481 e. The smallest absolute Gasteiger partial charge is 0.309 e. The van der Waals surface area contributed by atoms with E-state index in [-0.39, 0.29) is 11.4 Å². The highest BCUT2D eigenvalue weighted by Gasteiger charge is 2.18. The van der Waals surface area contributed by atoms with Crippen molar-refractivity contribution in [2.45, 2.75) is 12.8 Å². The second-order valence-corrected chi connectivity index (χ2v) is 2.87. The SMILES string of the molecule is Nc1cc(CC(=O)O)nc(N)c1C(F)F. The number of hydrogen-bond acceptors (Lipinski definition) is 4. The fourth-order valence-corrected chi connectivity index (χ4v) is 1.14. The maximum Gasteiger partial charge on any atom is 0.309 e. The van der Waals surface area contributed by atoms with Crippen LogP contribution in [0.4, 0.5) is 20.3 Å². The molecule has 0 saturated heterocycles. The van der Waals surface area contributed by atoms with Crippen LogP contribution in [-0.2, 0) is 11.2 Å². The van der Waals surface area contributed by atoms with E-state index in [0.717, 1.165) is 6.07 Å². The summed E-state index contributed by atoms with van der Waals surface area (Å²) in [6.07, 6.45) is -3.23. The van der Waals surface area contributed by atoms with Gasteiger partial charge in [0.25, 0.3) is 6.43 Å². The molecule has 0 fully saturated rings. The Morgan fingerprint density at radius 2 is 2.13 bits per heavy atom. The van der Waals surface area contributed by atoms with Crippen molar-refractivity contribution in [1.82, 2.24) is 4.98 Å². The second kappa shape index (κ2) is 4.07. The third kappa shape index (κ3) is 2.52. The van der Waals surface area contributed by atoms with Crippen molar-refractivity contribution in [2.24, 2.45) is 0 Å². The molecule has 1 aromatic heterocycles. The number of carboxylic acids is 1. The lowest BCUT2D eigenvalue weighted by molar-refractivity contribution is -0.136. The Morgan fingerprint density at radius 1 is 1.53 bits per heavy atom. The van der Waals surface area contributed by atoms with E-state index < -0.39 is 30.2 Å². The molecule has 1 heterocycles. The van der Waals surface area contributed by atoms with Gasteiger partial charge >= 0.3 is 5.97 Å². The van der Waals surface area contributed by atoms with Gasteiger partial charge in [0.05, 0.1) is 17.7 Å². The van der Waals surface area contributed by atoms with Crippen LogP contribution in [0.1, 0.15) is 17.7 Å². The molecule has 5 N–H and O–H groups in total. The number of carbonyl (C=O) groups is 1. The standard InChI is InChI=1S/C8H9F2N3O2/c9-7(10)6-4(11)1-3(2-5(14)15)13-8(6)12/h1,7H,2H2,(H,14,15)(H4,11,12,13). The molecule has 5 nitrogen and oxygen atoms in total. The van der Waals surface area contributed by atoms with Gasteiger partial charge in [0.2, 0.25) is 0 Å². The van der Waals surface area contributed by atoms with Gasteiger partial charge in [-0.1, -0.05) is 0 Å².